The summed E-state index contributed by atoms with van der Waals surface area (Å²) in [4.78, 5) is 24.6. The highest BCUT2D eigenvalue weighted by molar-refractivity contribution is 5.98. The van der Waals surface area contributed by atoms with Crippen molar-refractivity contribution in [2.24, 2.45) is 5.41 Å². The van der Waals surface area contributed by atoms with Gasteiger partial charge < -0.3 is 10.6 Å². The van der Waals surface area contributed by atoms with Crippen molar-refractivity contribution in [2.75, 3.05) is 5.32 Å². The summed E-state index contributed by atoms with van der Waals surface area (Å²) in [6.07, 6.45) is -4.40. The third-order valence-corrected chi connectivity index (χ3v) is 4.15. The van der Waals surface area contributed by atoms with Gasteiger partial charge in [0.05, 0.1) is 11.6 Å². The van der Waals surface area contributed by atoms with E-state index in [-0.39, 0.29) is 11.8 Å². The van der Waals surface area contributed by atoms with E-state index in [1.807, 2.05) is 0 Å². The molecule has 2 amide bonds. The number of hydrogen-bond acceptors (Lipinski definition) is 2. The second-order valence-corrected chi connectivity index (χ2v) is 7.60. The zero-order valence-corrected chi connectivity index (χ0v) is 16.1. The first-order valence-corrected chi connectivity index (χ1v) is 8.77. The summed E-state index contributed by atoms with van der Waals surface area (Å²) in [5.41, 5.74) is 0.0749. The number of amides is 2. The molecule has 28 heavy (non-hydrogen) atoms. The number of hydrogen-bond donors (Lipinski definition) is 2. The van der Waals surface area contributed by atoms with E-state index in [1.54, 1.807) is 52.0 Å². The molecule has 150 valence electrons. The lowest BCUT2D eigenvalue weighted by Crippen LogP contribution is -2.28. The van der Waals surface area contributed by atoms with Crippen LogP contribution in [0.1, 0.15) is 55.2 Å². The molecule has 0 aliphatic heterocycles. The van der Waals surface area contributed by atoms with E-state index in [1.165, 1.54) is 12.1 Å². The van der Waals surface area contributed by atoms with Gasteiger partial charge in [-0.3, -0.25) is 9.59 Å². The normalized spacial score (nSPS) is 13.0. The minimum absolute atomic E-state index is 0.178. The van der Waals surface area contributed by atoms with E-state index >= 15 is 0 Å². The molecule has 0 bridgehead atoms. The molecule has 0 saturated carbocycles. The fraction of sp³-hybridized carbons (Fsp3) is 0.333. The van der Waals surface area contributed by atoms with Crippen LogP contribution >= 0.6 is 0 Å². The molecule has 0 aliphatic rings. The Labute approximate surface area is 162 Å². The molecular weight excluding hydrogens is 369 g/mol. The topological polar surface area (TPSA) is 58.2 Å². The monoisotopic (exact) mass is 392 g/mol. The highest BCUT2D eigenvalue weighted by Gasteiger charge is 2.30. The van der Waals surface area contributed by atoms with Crippen LogP contribution in [0.15, 0.2) is 48.5 Å². The molecule has 0 aromatic heterocycles. The number of anilines is 1. The Morgan fingerprint density at radius 2 is 1.57 bits per heavy atom. The summed E-state index contributed by atoms with van der Waals surface area (Å²) >= 11 is 0. The first kappa shape index (κ1) is 21.5. The summed E-state index contributed by atoms with van der Waals surface area (Å²) in [6.45, 7) is 7.03. The number of nitrogens with one attached hydrogen (secondary N) is 2. The van der Waals surface area contributed by atoms with E-state index in [2.05, 4.69) is 10.6 Å². The SMILES string of the molecule is CC(NC(=O)c1cccc(NC(=O)C(C)(C)C)c1)c1ccc(C(F)(F)F)cc1. The number of carbonyl (C=O) groups is 2. The molecule has 1 unspecified atom stereocenters. The Morgan fingerprint density at radius 3 is 2.11 bits per heavy atom. The highest BCUT2D eigenvalue weighted by Crippen LogP contribution is 2.30. The van der Waals surface area contributed by atoms with Crippen molar-refractivity contribution in [1.29, 1.82) is 0 Å². The maximum atomic E-state index is 12.7. The lowest BCUT2D eigenvalue weighted by Gasteiger charge is -2.18. The average Bonchev–Trinajstić information content (AvgIpc) is 2.60. The summed E-state index contributed by atoms with van der Waals surface area (Å²) < 4.78 is 38.0. The van der Waals surface area contributed by atoms with Gasteiger partial charge in [-0.2, -0.15) is 13.2 Å². The van der Waals surface area contributed by atoms with E-state index in [9.17, 15) is 22.8 Å². The Balaban J connectivity index is 2.08. The van der Waals surface area contributed by atoms with E-state index in [4.69, 9.17) is 0 Å². The van der Waals surface area contributed by atoms with Gasteiger partial charge in [0.1, 0.15) is 0 Å². The molecule has 4 nitrogen and oxygen atoms in total. The van der Waals surface area contributed by atoms with Crippen LogP contribution in [0.2, 0.25) is 0 Å². The van der Waals surface area contributed by atoms with Gasteiger partial charge in [-0.15, -0.1) is 0 Å². The molecule has 0 heterocycles. The quantitative estimate of drug-likeness (QED) is 0.753. The minimum Gasteiger partial charge on any atom is -0.346 e. The van der Waals surface area contributed by atoms with Gasteiger partial charge >= 0.3 is 6.18 Å². The molecule has 0 fully saturated rings. The molecule has 7 heteroatoms. The van der Waals surface area contributed by atoms with Gasteiger partial charge in [-0.25, -0.2) is 0 Å². The Bertz CT molecular complexity index is 853. The first-order chi connectivity index (χ1) is 12.9. The molecule has 2 rings (SSSR count). The standard InChI is InChI=1S/C21H23F3N2O2/c1-13(14-8-10-16(11-9-14)21(22,23)24)25-18(27)15-6-5-7-17(12-15)26-19(28)20(2,3)4/h5-13H,1-4H3,(H,25,27)(H,26,28). The van der Waals surface area contributed by atoms with Crippen molar-refractivity contribution in [2.45, 2.75) is 39.9 Å². The molecule has 0 spiro atoms. The number of alkyl halides is 3. The molecule has 0 aliphatic carbocycles. The predicted molar refractivity (Wildman–Crippen MR) is 102 cm³/mol. The van der Waals surface area contributed by atoms with Crippen LogP contribution in [-0.4, -0.2) is 11.8 Å². The molecule has 0 saturated heterocycles. The molecular formula is C21H23F3N2O2. The van der Waals surface area contributed by atoms with Crippen molar-refractivity contribution in [3.05, 3.63) is 65.2 Å². The second-order valence-electron chi connectivity index (χ2n) is 7.60. The third kappa shape index (κ3) is 5.58. The summed E-state index contributed by atoms with van der Waals surface area (Å²) in [5.74, 6) is -0.567. The Kier molecular flexibility index (Phi) is 6.17. The summed E-state index contributed by atoms with van der Waals surface area (Å²) in [7, 11) is 0. The van der Waals surface area contributed by atoms with Crippen LogP contribution in [-0.2, 0) is 11.0 Å². The van der Waals surface area contributed by atoms with Gasteiger partial charge in [-0.05, 0) is 42.8 Å². The van der Waals surface area contributed by atoms with Crippen LogP contribution in [0.4, 0.5) is 18.9 Å². The van der Waals surface area contributed by atoms with Crippen LogP contribution in [0.3, 0.4) is 0 Å². The first-order valence-electron chi connectivity index (χ1n) is 8.77. The van der Waals surface area contributed by atoms with Crippen LogP contribution in [0.25, 0.3) is 0 Å². The fourth-order valence-electron chi connectivity index (χ4n) is 2.38. The maximum Gasteiger partial charge on any atom is 0.416 e. The third-order valence-electron chi connectivity index (χ3n) is 4.15. The van der Waals surface area contributed by atoms with Crippen molar-refractivity contribution in [3.8, 4) is 0 Å². The molecule has 0 radical (unpaired) electrons. The zero-order chi connectivity index (χ0) is 21.1. The zero-order valence-electron chi connectivity index (χ0n) is 16.1. The second kappa shape index (κ2) is 8.04. The van der Waals surface area contributed by atoms with Gasteiger partial charge in [-0.1, -0.05) is 39.0 Å². The van der Waals surface area contributed by atoms with Crippen molar-refractivity contribution < 1.29 is 22.8 Å². The maximum absolute atomic E-state index is 12.7. The highest BCUT2D eigenvalue weighted by atomic mass is 19.4. The predicted octanol–water partition coefficient (Wildman–Crippen LogP) is 5.18. The van der Waals surface area contributed by atoms with Gasteiger partial charge in [0.15, 0.2) is 0 Å². The van der Waals surface area contributed by atoms with Gasteiger partial charge in [0, 0.05) is 16.7 Å². The average molecular weight is 392 g/mol. The molecule has 2 aromatic carbocycles. The molecule has 1 atom stereocenters. The van der Waals surface area contributed by atoms with Gasteiger partial charge in [0.2, 0.25) is 5.91 Å². The van der Waals surface area contributed by atoms with E-state index in [0.717, 1.165) is 12.1 Å². The van der Waals surface area contributed by atoms with Crippen LogP contribution in [0.5, 0.6) is 0 Å². The molecule has 2 aromatic rings. The Hall–Kier alpha value is -2.83. The number of benzene rings is 2. The summed E-state index contributed by atoms with van der Waals surface area (Å²) in [5, 5.41) is 5.51. The molecule has 2 N–H and O–H groups in total. The van der Waals surface area contributed by atoms with Crippen LogP contribution < -0.4 is 10.6 Å². The van der Waals surface area contributed by atoms with Gasteiger partial charge in [0.25, 0.3) is 5.91 Å². The summed E-state index contributed by atoms with van der Waals surface area (Å²) in [6, 6.07) is 10.7. The smallest absolute Gasteiger partial charge is 0.346 e. The number of carbonyl (C=O) groups excluding carboxylic acids is 2. The fourth-order valence-corrected chi connectivity index (χ4v) is 2.38. The Morgan fingerprint density at radius 1 is 0.964 bits per heavy atom. The van der Waals surface area contributed by atoms with Crippen molar-refractivity contribution >= 4 is 17.5 Å². The lowest BCUT2D eigenvalue weighted by molar-refractivity contribution is -0.137. The van der Waals surface area contributed by atoms with E-state index in [0.29, 0.717) is 16.8 Å². The van der Waals surface area contributed by atoms with Crippen molar-refractivity contribution in [1.82, 2.24) is 5.32 Å². The van der Waals surface area contributed by atoms with Crippen molar-refractivity contribution in [3.63, 3.8) is 0 Å². The minimum atomic E-state index is -4.40. The largest absolute Gasteiger partial charge is 0.416 e. The number of rotatable bonds is 4. The lowest BCUT2D eigenvalue weighted by atomic mass is 9.95. The van der Waals surface area contributed by atoms with E-state index < -0.39 is 23.2 Å². The number of halogens is 3. The van der Waals surface area contributed by atoms with Crippen LogP contribution in [0, 0.1) is 5.41 Å².